The average Bonchev–Trinajstić information content (AvgIpc) is 2.54. The van der Waals surface area contributed by atoms with E-state index in [1.54, 1.807) is 18.2 Å². The molecular weight excluding hydrogens is 451 g/mol. The van der Waals surface area contributed by atoms with E-state index < -0.39 is 24.2 Å². The zero-order valence-corrected chi connectivity index (χ0v) is 15.1. The molecule has 0 aliphatic heterocycles. The van der Waals surface area contributed by atoms with Crippen molar-refractivity contribution in [3.63, 3.8) is 0 Å². The summed E-state index contributed by atoms with van der Waals surface area (Å²) in [5.74, 6) is -3.60. The summed E-state index contributed by atoms with van der Waals surface area (Å²) in [7, 11) is 0. The monoisotopic (exact) mass is 463 g/mol. The Labute approximate surface area is 155 Å². The molecule has 0 unspecified atom stereocenters. The van der Waals surface area contributed by atoms with Crippen LogP contribution in [-0.2, 0) is 9.53 Å². The minimum atomic E-state index is -2.49. The van der Waals surface area contributed by atoms with Crippen molar-refractivity contribution < 1.29 is 23.1 Å². The quantitative estimate of drug-likeness (QED) is 0.392. The van der Waals surface area contributed by atoms with Crippen molar-refractivity contribution in [2.24, 2.45) is 0 Å². The second-order valence-corrected chi connectivity index (χ2v) is 6.85. The van der Waals surface area contributed by atoms with Gasteiger partial charge in [-0.3, -0.25) is 4.79 Å². The van der Waals surface area contributed by atoms with Crippen molar-refractivity contribution >= 4 is 51.9 Å². The number of rotatable bonds is 6. The molecule has 0 spiro atoms. The molecule has 0 fully saturated rings. The van der Waals surface area contributed by atoms with Gasteiger partial charge in [-0.2, -0.15) is 8.78 Å². The van der Waals surface area contributed by atoms with Gasteiger partial charge in [-0.15, -0.1) is 0 Å². The Morgan fingerprint density at radius 3 is 2.50 bits per heavy atom. The maximum atomic E-state index is 12.2. The predicted molar refractivity (Wildman–Crippen MR) is 96.4 cm³/mol. The fourth-order valence-electron chi connectivity index (χ4n) is 1.75. The smallest absolute Gasteiger partial charge is 0.338 e. The lowest BCUT2D eigenvalue weighted by molar-refractivity contribution is -0.119. The Kier molecular flexibility index (Phi) is 6.98. The molecule has 2 aromatic rings. The summed E-state index contributed by atoms with van der Waals surface area (Å²) in [4.78, 5) is 24.0. The average molecular weight is 463 g/mol. The Morgan fingerprint density at radius 1 is 1.17 bits per heavy atom. The number of anilines is 1. The number of hydrogen-bond acceptors (Lipinski definition) is 4. The van der Waals surface area contributed by atoms with Gasteiger partial charge in [-0.05, 0) is 65.1 Å². The molecule has 0 aromatic heterocycles. The zero-order chi connectivity index (χ0) is 17.5. The molecule has 2 rings (SSSR count). The van der Waals surface area contributed by atoms with Gasteiger partial charge < -0.3 is 10.1 Å². The van der Waals surface area contributed by atoms with Crippen LogP contribution in [0.1, 0.15) is 10.4 Å². The van der Waals surface area contributed by atoms with E-state index in [0.717, 1.165) is 3.57 Å². The normalized spacial score (nSPS) is 10.5. The molecule has 2 aromatic carbocycles. The lowest BCUT2D eigenvalue weighted by atomic mass is 10.2. The van der Waals surface area contributed by atoms with Crippen LogP contribution in [0, 0.1) is 3.57 Å². The molecular formula is C16H12F2INO3S. The first-order chi connectivity index (χ1) is 11.4. The summed E-state index contributed by atoms with van der Waals surface area (Å²) >= 11 is 2.49. The molecule has 0 atom stereocenters. The maximum absolute atomic E-state index is 12.2. The summed E-state index contributed by atoms with van der Waals surface area (Å²) in [6.07, 6.45) is 0. The summed E-state index contributed by atoms with van der Waals surface area (Å²) in [6.45, 7) is -0.433. The summed E-state index contributed by atoms with van der Waals surface area (Å²) in [5, 5.41) is 2.53. The predicted octanol–water partition coefficient (Wildman–Crippen LogP) is 4.40. The zero-order valence-electron chi connectivity index (χ0n) is 12.2. The molecule has 0 aliphatic carbocycles. The van der Waals surface area contributed by atoms with Crippen LogP contribution in [0.4, 0.5) is 14.5 Å². The second kappa shape index (κ2) is 8.97. The van der Waals surface area contributed by atoms with Crippen LogP contribution >= 0.6 is 34.4 Å². The Morgan fingerprint density at radius 2 is 1.88 bits per heavy atom. The van der Waals surface area contributed by atoms with Crippen LogP contribution in [0.25, 0.3) is 0 Å². The van der Waals surface area contributed by atoms with Crippen LogP contribution in [0.3, 0.4) is 0 Å². The highest BCUT2D eigenvalue weighted by Crippen LogP contribution is 2.26. The Bertz CT molecular complexity index is 726. The van der Waals surface area contributed by atoms with E-state index >= 15 is 0 Å². The van der Waals surface area contributed by atoms with Gasteiger partial charge in [0.1, 0.15) is 0 Å². The SMILES string of the molecule is O=C(COC(=O)c1cccc(I)c1)Nc1ccc(SC(F)F)cc1. The van der Waals surface area contributed by atoms with Crippen LogP contribution in [0.5, 0.6) is 0 Å². The van der Waals surface area contributed by atoms with Gasteiger partial charge in [0.05, 0.1) is 5.56 Å². The lowest BCUT2D eigenvalue weighted by Crippen LogP contribution is -2.20. The van der Waals surface area contributed by atoms with Gasteiger partial charge in [-0.25, -0.2) is 4.79 Å². The molecule has 8 heteroatoms. The van der Waals surface area contributed by atoms with Gasteiger partial charge in [0, 0.05) is 14.2 Å². The minimum Gasteiger partial charge on any atom is -0.452 e. The molecule has 0 heterocycles. The fourth-order valence-corrected chi connectivity index (χ4v) is 2.79. The number of carbonyl (C=O) groups excluding carboxylic acids is 2. The minimum absolute atomic E-state index is 0.364. The molecule has 1 N–H and O–H groups in total. The van der Waals surface area contributed by atoms with Gasteiger partial charge in [0.15, 0.2) is 6.61 Å². The summed E-state index contributed by atoms with van der Waals surface area (Å²) in [6, 6.07) is 12.8. The Hall–Kier alpha value is -1.68. The molecule has 4 nitrogen and oxygen atoms in total. The number of ether oxygens (including phenoxy) is 1. The second-order valence-electron chi connectivity index (χ2n) is 4.54. The number of hydrogen-bond donors (Lipinski definition) is 1. The number of nitrogens with one attached hydrogen (secondary N) is 1. The first-order valence-corrected chi connectivity index (χ1v) is 8.67. The number of carbonyl (C=O) groups is 2. The highest BCUT2D eigenvalue weighted by molar-refractivity contribution is 14.1. The van der Waals surface area contributed by atoms with Crippen molar-refractivity contribution in [3.8, 4) is 0 Å². The number of halogens is 3. The van der Waals surface area contributed by atoms with Gasteiger partial charge >= 0.3 is 5.97 Å². The summed E-state index contributed by atoms with van der Waals surface area (Å²) < 4.78 is 30.3. The lowest BCUT2D eigenvalue weighted by Gasteiger charge is -2.07. The van der Waals surface area contributed by atoms with E-state index in [1.807, 2.05) is 6.07 Å². The van der Waals surface area contributed by atoms with Crippen molar-refractivity contribution in [1.29, 1.82) is 0 Å². The van der Waals surface area contributed by atoms with E-state index in [9.17, 15) is 18.4 Å². The number of thioether (sulfide) groups is 1. The molecule has 24 heavy (non-hydrogen) atoms. The van der Waals surface area contributed by atoms with E-state index in [4.69, 9.17) is 4.74 Å². The van der Waals surface area contributed by atoms with Gasteiger partial charge in [0.25, 0.3) is 11.7 Å². The molecule has 126 valence electrons. The van der Waals surface area contributed by atoms with Crippen LogP contribution in [0.15, 0.2) is 53.4 Å². The van der Waals surface area contributed by atoms with Crippen LogP contribution in [0.2, 0.25) is 0 Å². The van der Waals surface area contributed by atoms with Crippen molar-refractivity contribution in [3.05, 3.63) is 57.7 Å². The van der Waals surface area contributed by atoms with Crippen LogP contribution in [-0.4, -0.2) is 24.2 Å². The van der Waals surface area contributed by atoms with Crippen molar-refractivity contribution in [1.82, 2.24) is 0 Å². The standard InChI is InChI=1S/C16H12F2INO3S/c17-16(18)24-13-6-4-12(5-7-13)20-14(21)9-23-15(22)10-2-1-3-11(19)8-10/h1-8,16H,9H2,(H,20,21). The van der Waals surface area contributed by atoms with Crippen molar-refractivity contribution in [2.45, 2.75) is 10.7 Å². The van der Waals surface area contributed by atoms with E-state index in [2.05, 4.69) is 27.9 Å². The third kappa shape index (κ3) is 6.08. The van der Waals surface area contributed by atoms with Gasteiger partial charge in [0.2, 0.25) is 0 Å². The number of amides is 1. The number of esters is 1. The number of alkyl halides is 2. The van der Waals surface area contributed by atoms with E-state index in [0.29, 0.717) is 27.9 Å². The third-order valence-electron chi connectivity index (χ3n) is 2.76. The maximum Gasteiger partial charge on any atom is 0.338 e. The first-order valence-electron chi connectivity index (χ1n) is 6.71. The molecule has 0 aliphatic rings. The topological polar surface area (TPSA) is 55.4 Å². The number of benzene rings is 2. The largest absolute Gasteiger partial charge is 0.452 e. The Balaban J connectivity index is 1.83. The van der Waals surface area contributed by atoms with E-state index in [1.165, 1.54) is 24.3 Å². The highest BCUT2D eigenvalue weighted by atomic mass is 127. The van der Waals surface area contributed by atoms with Gasteiger partial charge in [-0.1, -0.05) is 17.8 Å². The third-order valence-corrected chi connectivity index (χ3v) is 4.15. The molecule has 0 saturated heterocycles. The molecule has 0 saturated carbocycles. The molecule has 0 bridgehead atoms. The molecule has 0 radical (unpaired) electrons. The fraction of sp³-hybridized carbons (Fsp3) is 0.125. The summed E-state index contributed by atoms with van der Waals surface area (Å²) in [5.41, 5.74) is 0.798. The highest BCUT2D eigenvalue weighted by Gasteiger charge is 2.11. The van der Waals surface area contributed by atoms with Crippen LogP contribution < -0.4 is 5.32 Å². The first kappa shape index (κ1) is 18.7. The molecule has 1 amide bonds. The van der Waals surface area contributed by atoms with E-state index in [-0.39, 0.29) is 0 Å². The van der Waals surface area contributed by atoms with Crippen molar-refractivity contribution in [2.75, 3.05) is 11.9 Å².